The number of rotatable bonds is 3. The van der Waals surface area contributed by atoms with E-state index in [2.05, 4.69) is 9.17 Å². The Morgan fingerprint density at radius 3 is 2.64 bits per heavy atom. The molecule has 0 aliphatic rings. The normalized spacial score (nSPS) is 11.1. The van der Waals surface area contributed by atoms with Crippen molar-refractivity contribution < 1.29 is 17.3 Å². The summed E-state index contributed by atoms with van der Waals surface area (Å²) in [5.74, 6) is 0.321. The van der Waals surface area contributed by atoms with E-state index in [1.54, 1.807) is 0 Å². The van der Waals surface area contributed by atoms with Gasteiger partial charge in [-0.25, -0.2) is 4.98 Å². The standard InChI is InChI=1S/C7H8ClNO4S/c1-12-5-3-6(7(8)9-4-5)13-14(2,10)11/h3-4H,1-2H3. The molecule has 0 amide bonds. The monoisotopic (exact) mass is 237 g/mol. The van der Waals surface area contributed by atoms with E-state index >= 15 is 0 Å². The molecule has 0 aliphatic carbocycles. The second-order valence-corrected chi connectivity index (χ2v) is 4.38. The van der Waals surface area contributed by atoms with Crippen molar-refractivity contribution in [2.75, 3.05) is 13.4 Å². The molecule has 0 N–H and O–H groups in total. The molecule has 0 fully saturated rings. The van der Waals surface area contributed by atoms with E-state index in [1.807, 2.05) is 0 Å². The van der Waals surface area contributed by atoms with Crippen LogP contribution < -0.4 is 8.92 Å². The lowest BCUT2D eigenvalue weighted by Crippen LogP contribution is -2.06. The van der Waals surface area contributed by atoms with Gasteiger partial charge in [0.1, 0.15) is 5.75 Å². The summed E-state index contributed by atoms with van der Waals surface area (Å²) < 4.78 is 31.0. The third-order valence-electron chi connectivity index (χ3n) is 1.26. The Morgan fingerprint density at radius 2 is 2.14 bits per heavy atom. The fourth-order valence-electron chi connectivity index (χ4n) is 0.743. The molecule has 1 aromatic heterocycles. The molecule has 0 aromatic carbocycles. The van der Waals surface area contributed by atoms with Crippen LogP contribution in [0.3, 0.4) is 0 Å². The fraction of sp³-hybridized carbons (Fsp3) is 0.286. The molecule has 1 aromatic rings. The van der Waals surface area contributed by atoms with Gasteiger partial charge in [0.2, 0.25) is 0 Å². The first-order valence-electron chi connectivity index (χ1n) is 3.51. The lowest BCUT2D eigenvalue weighted by Gasteiger charge is -2.05. The molecule has 1 heterocycles. The number of pyridine rings is 1. The minimum absolute atomic E-state index is 0.0313. The van der Waals surface area contributed by atoms with E-state index in [0.717, 1.165) is 6.26 Å². The Bertz CT molecular complexity index is 431. The van der Waals surface area contributed by atoms with Crippen LogP contribution in [-0.2, 0) is 10.1 Å². The summed E-state index contributed by atoms with van der Waals surface area (Å²) in [6, 6.07) is 1.34. The molecular weight excluding hydrogens is 230 g/mol. The van der Waals surface area contributed by atoms with Gasteiger partial charge in [0, 0.05) is 6.07 Å². The van der Waals surface area contributed by atoms with Gasteiger partial charge in [-0.15, -0.1) is 0 Å². The number of ether oxygens (including phenoxy) is 1. The van der Waals surface area contributed by atoms with Crippen molar-refractivity contribution in [3.8, 4) is 11.5 Å². The number of methoxy groups -OCH3 is 1. The third kappa shape index (κ3) is 3.04. The molecule has 7 heteroatoms. The Morgan fingerprint density at radius 1 is 1.50 bits per heavy atom. The van der Waals surface area contributed by atoms with Crippen LogP contribution in [0.2, 0.25) is 5.15 Å². The molecule has 78 valence electrons. The van der Waals surface area contributed by atoms with Gasteiger partial charge in [0.25, 0.3) is 0 Å². The average molecular weight is 238 g/mol. The zero-order valence-electron chi connectivity index (χ0n) is 7.52. The van der Waals surface area contributed by atoms with E-state index < -0.39 is 10.1 Å². The van der Waals surface area contributed by atoms with Crippen LogP contribution in [0.15, 0.2) is 12.3 Å². The maximum absolute atomic E-state index is 10.8. The molecule has 0 atom stereocenters. The van der Waals surface area contributed by atoms with Gasteiger partial charge in [-0.2, -0.15) is 8.42 Å². The Hall–Kier alpha value is -1.01. The number of hydrogen-bond acceptors (Lipinski definition) is 5. The molecular formula is C7H8ClNO4S. The molecule has 1 rings (SSSR count). The van der Waals surface area contributed by atoms with Crippen LogP contribution in [0.5, 0.6) is 11.5 Å². The molecule has 14 heavy (non-hydrogen) atoms. The van der Waals surface area contributed by atoms with Crippen LogP contribution >= 0.6 is 11.6 Å². The zero-order chi connectivity index (χ0) is 10.8. The van der Waals surface area contributed by atoms with Crippen molar-refractivity contribution in [1.82, 2.24) is 4.98 Å². The van der Waals surface area contributed by atoms with E-state index in [-0.39, 0.29) is 10.9 Å². The molecule has 0 saturated carbocycles. The number of nitrogens with zero attached hydrogens (tertiary/aromatic N) is 1. The van der Waals surface area contributed by atoms with Gasteiger partial charge in [-0.3, -0.25) is 0 Å². The second kappa shape index (κ2) is 4.02. The molecule has 5 nitrogen and oxygen atoms in total. The first-order chi connectivity index (χ1) is 6.42. The van der Waals surface area contributed by atoms with E-state index in [0.29, 0.717) is 5.75 Å². The van der Waals surface area contributed by atoms with Crippen molar-refractivity contribution >= 4 is 21.7 Å². The van der Waals surface area contributed by atoms with Crippen LogP contribution in [0.1, 0.15) is 0 Å². The predicted molar refractivity (Wildman–Crippen MR) is 51.3 cm³/mol. The van der Waals surface area contributed by atoms with Gasteiger partial charge in [0.05, 0.1) is 19.6 Å². The minimum atomic E-state index is -3.60. The van der Waals surface area contributed by atoms with Crippen molar-refractivity contribution in [3.05, 3.63) is 17.4 Å². The lowest BCUT2D eigenvalue weighted by molar-refractivity contribution is 0.409. The molecule has 0 radical (unpaired) electrons. The summed E-state index contributed by atoms with van der Waals surface area (Å²) in [6.45, 7) is 0. The minimum Gasteiger partial charge on any atom is -0.495 e. The van der Waals surface area contributed by atoms with Gasteiger partial charge >= 0.3 is 10.1 Å². The van der Waals surface area contributed by atoms with Crippen LogP contribution in [0, 0.1) is 0 Å². The fourth-order valence-corrected chi connectivity index (χ4v) is 1.38. The Balaban J connectivity index is 3.07. The maximum atomic E-state index is 10.8. The molecule has 0 unspecified atom stereocenters. The van der Waals surface area contributed by atoms with Crippen molar-refractivity contribution in [2.45, 2.75) is 0 Å². The predicted octanol–water partition coefficient (Wildman–Crippen LogP) is 1.08. The average Bonchev–Trinajstić information content (AvgIpc) is 2.06. The van der Waals surface area contributed by atoms with Crippen LogP contribution in [0.4, 0.5) is 0 Å². The van der Waals surface area contributed by atoms with Gasteiger partial charge in [-0.1, -0.05) is 11.6 Å². The summed E-state index contributed by atoms with van der Waals surface area (Å²) in [5, 5.41) is -0.0313. The summed E-state index contributed by atoms with van der Waals surface area (Å²) in [7, 11) is -2.18. The topological polar surface area (TPSA) is 65.5 Å². The first-order valence-corrected chi connectivity index (χ1v) is 5.71. The third-order valence-corrected chi connectivity index (χ3v) is 2.02. The highest BCUT2D eigenvalue weighted by atomic mass is 35.5. The van der Waals surface area contributed by atoms with E-state index in [4.69, 9.17) is 16.3 Å². The highest BCUT2D eigenvalue weighted by Crippen LogP contribution is 2.27. The molecule has 0 spiro atoms. The summed E-state index contributed by atoms with van der Waals surface area (Å²) in [4.78, 5) is 3.69. The second-order valence-electron chi connectivity index (χ2n) is 2.45. The first kappa shape index (κ1) is 11.1. The SMILES string of the molecule is COc1cnc(Cl)c(OS(C)(=O)=O)c1. The van der Waals surface area contributed by atoms with Crippen LogP contribution in [0.25, 0.3) is 0 Å². The highest BCUT2D eigenvalue weighted by Gasteiger charge is 2.10. The highest BCUT2D eigenvalue weighted by molar-refractivity contribution is 7.86. The summed E-state index contributed by atoms with van der Waals surface area (Å²) in [6.07, 6.45) is 2.28. The molecule has 0 bridgehead atoms. The van der Waals surface area contributed by atoms with Gasteiger partial charge in [-0.05, 0) is 0 Å². The Kier molecular flexibility index (Phi) is 3.17. The van der Waals surface area contributed by atoms with Gasteiger partial charge < -0.3 is 8.92 Å². The number of halogens is 1. The van der Waals surface area contributed by atoms with Crippen molar-refractivity contribution in [2.24, 2.45) is 0 Å². The van der Waals surface area contributed by atoms with Gasteiger partial charge in [0.15, 0.2) is 10.9 Å². The quantitative estimate of drug-likeness (QED) is 0.581. The van der Waals surface area contributed by atoms with Crippen LogP contribution in [-0.4, -0.2) is 26.8 Å². The largest absolute Gasteiger partial charge is 0.495 e. The summed E-state index contributed by atoms with van der Waals surface area (Å²) in [5.41, 5.74) is 0. The Labute approximate surface area is 86.7 Å². The van der Waals surface area contributed by atoms with Crippen molar-refractivity contribution in [1.29, 1.82) is 0 Å². The molecule has 0 aliphatic heterocycles. The number of aromatic nitrogens is 1. The zero-order valence-corrected chi connectivity index (χ0v) is 9.09. The molecule has 0 saturated heterocycles. The van der Waals surface area contributed by atoms with E-state index in [1.165, 1.54) is 19.4 Å². The number of hydrogen-bond donors (Lipinski definition) is 0. The summed E-state index contributed by atoms with van der Waals surface area (Å²) >= 11 is 5.60. The lowest BCUT2D eigenvalue weighted by atomic mass is 10.4. The maximum Gasteiger partial charge on any atom is 0.306 e. The van der Waals surface area contributed by atoms with E-state index in [9.17, 15) is 8.42 Å². The van der Waals surface area contributed by atoms with Crippen molar-refractivity contribution in [3.63, 3.8) is 0 Å². The smallest absolute Gasteiger partial charge is 0.306 e.